The second-order valence-electron chi connectivity index (χ2n) is 5.48. The maximum absolute atomic E-state index is 12.9. The van der Waals surface area contributed by atoms with Crippen molar-refractivity contribution in [3.05, 3.63) is 35.4 Å². The molecule has 22 heavy (non-hydrogen) atoms. The van der Waals surface area contributed by atoms with Crippen LogP contribution in [0.4, 0.5) is 8.78 Å². The van der Waals surface area contributed by atoms with Gasteiger partial charge in [-0.25, -0.2) is 13.2 Å². The molecular formula is C14H17F2O5S-. The maximum atomic E-state index is 12.9. The van der Waals surface area contributed by atoms with Crippen LogP contribution in [-0.4, -0.2) is 30.8 Å². The lowest BCUT2D eigenvalue weighted by molar-refractivity contribution is -0.00997. The zero-order chi connectivity index (χ0) is 17.2. The Labute approximate surface area is 128 Å². The first kappa shape index (κ1) is 18.5. The zero-order valence-electron chi connectivity index (χ0n) is 12.4. The van der Waals surface area contributed by atoms with Crippen LogP contribution in [-0.2, 0) is 20.3 Å². The number of carbonyl (C=O) groups is 1. The fourth-order valence-corrected chi connectivity index (χ4v) is 1.77. The van der Waals surface area contributed by atoms with Gasteiger partial charge >= 0.3 is 11.2 Å². The molecule has 0 unspecified atom stereocenters. The molecule has 0 saturated carbocycles. The molecule has 0 heterocycles. The molecule has 124 valence electrons. The predicted molar refractivity (Wildman–Crippen MR) is 74.7 cm³/mol. The van der Waals surface area contributed by atoms with Crippen molar-refractivity contribution in [2.24, 2.45) is 0 Å². The fourth-order valence-electron chi connectivity index (χ4n) is 1.57. The molecule has 0 aliphatic heterocycles. The summed E-state index contributed by atoms with van der Waals surface area (Å²) >= 11 is 0. The molecule has 0 fully saturated rings. The Morgan fingerprint density at radius 3 is 2.14 bits per heavy atom. The molecule has 1 aromatic rings. The van der Waals surface area contributed by atoms with E-state index in [4.69, 9.17) is 0 Å². The van der Waals surface area contributed by atoms with Crippen LogP contribution < -0.4 is 0 Å². The number of carbonyl (C=O) groups excluding carboxylic acids is 1. The van der Waals surface area contributed by atoms with Gasteiger partial charge in [0.05, 0.1) is 5.56 Å². The molecule has 0 aromatic heterocycles. The molecular weight excluding hydrogens is 318 g/mol. The van der Waals surface area contributed by atoms with Crippen LogP contribution >= 0.6 is 0 Å². The van der Waals surface area contributed by atoms with Crippen LogP contribution in [0.25, 0.3) is 0 Å². The lowest BCUT2D eigenvalue weighted by Gasteiger charge is -2.23. The Hall–Kier alpha value is -1.54. The van der Waals surface area contributed by atoms with Crippen molar-refractivity contribution in [1.82, 2.24) is 0 Å². The molecule has 0 aliphatic rings. The van der Waals surface area contributed by atoms with Crippen molar-refractivity contribution >= 4 is 16.1 Å². The van der Waals surface area contributed by atoms with Crippen LogP contribution in [0.15, 0.2) is 24.3 Å². The maximum Gasteiger partial charge on any atom is 0.367 e. The third kappa shape index (κ3) is 4.23. The summed E-state index contributed by atoms with van der Waals surface area (Å²) in [7, 11) is -5.87. The summed E-state index contributed by atoms with van der Waals surface area (Å²) in [6, 6.07) is 6.14. The van der Waals surface area contributed by atoms with Gasteiger partial charge in [0.15, 0.2) is 16.7 Å². The Kier molecular flexibility index (Phi) is 5.30. The molecule has 0 spiro atoms. The van der Waals surface area contributed by atoms with Gasteiger partial charge in [-0.3, -0.25) is 0 Å². The first-order valence-corrected chi connectivity index (χ1v) is 7.92. The highest BCUT2D eigenvalue weighted by Gasteiger charge is 2.39. The van der Waals surface area contributed by atoms with E-state index in [2.05, 4.69) is 4.74 Å². The van der Waals surface area contributed by atoms with E-state index in [9.17, 15) is 26.5 Å². The summed E-state index contributed by atoms with van der Waals surface area (Å²) in [4.78, 5) is 11.6. The van der Waals surface area contributed by atoms with Gasteiger partial charge in [-0.2, -0.15) is 8.78 Å². The minimum absolute atomic E-state index is 0.00486. The molecule has 0 atom stereocenters. The van der Waals surface area contributed by atoms with E-state index in [0.717, 1.165) is 12.0 Å². The largest absolute Gasteiger partial charge is 0.743 e. The van der Waals surface area contributed by atoms with Gasteiger partial charge in [0.1, 0.15) is 0 Å². The molecule has 0 N–H and O–H groups in total. The molecule has 1 aromatic carbocycles. The Morgan fingerprint density at radius 1 is 1.23 bits per heavy atom. The highest BCUT2D eigenvalue weighted by Crippen LogP contribution is 2.27. The fraction of sp³-hybridized carbons (Fsp3) is 0.500. The van der Waals surface area contributed by atoms with Crippen molar-refractivity contribution < 1.29 is 31.3 Å². The number of halogens is 2. The normalized spacial score (nSPS) is 13.0. The predicted octanol–water partition coefficient (Wildman–Crippen LogP) is 2.67. The van der Waals surface area contributed by atoms with Gasteiger partial charge in [-0.05, 0) is 29.5 Å². The summed E-state index contributed by atoms with van der Waals surface area (Å²) in [6.07, 6.45) is 0.865. The van der Waals surface area contributed by atoms with Gasteiger partial charge in [0.2, 0.25) is 0 Å². The van der Waals surface area contributed by atoms with Gasteiger partial charge in [-0.1, -0.05) is 32.9 Å². The van der Waals surface area contributed by atoms with Crippen LogP contribution in [0.2, 0.25) is 0 Å². The smallest absolute Gasteiger partial charge is 0.367 e. The quantitative estimate of drug-likeness (QED) is 0.589. The second kappa shape index (κ2) is 6.29. The standard InChI is InChI=1S/C14H18F2O5S/c1-4-13(2,3)11-7-5-10(6-8-11)12(17)21-9-14(15,16)22(18,19)20/h5-8H,4,9H2,1-3H3,(H,18,19,20)/p-1. The van der Waals surface area contributed by atoms with Crippen molar-refractivity contribution in [1.29, 1.82) is 0 Å². The van der Waals surface area contributed by atoms with E-state index in [1.54, 1.807) is 12.1 Å². The molecule has 1 rings (SSSR count). The number of alkyl halides is 2. The molecule has 5 nitrogen and oxygen atoms in total. The van der Waals surface area contributed by atoms with Crippen LogP contribution in [0.3, 0.4) is 0 Å². The van der Waals surface area contributed by atoms with E-state index < -0.39 is 27.9 Å². The number of ether oxygens (including phenoxy) is 1. The van der Waals surface area contributed by atoms with Crippen LogP contribution in [0.5, 0.6) is 0 Å². The monoisotopic (exact) mass is 335 g/mol. The number of rotatable bonds is 6. The van der Waals surface area contributed by atoms with Gasteiger partial charge < -0.3 is 9.29 Å². The van der Waals surface area contributed by atoms with Crippen LogP contribution in [0.1, 0.15) is 43.1 Å². The third-order valence-corrected chi connectivity index (χ3v) is 4.37. The van der Waals surface area contributed by atoms with Gasteiger partial charge in [0.25, 0.3) is 0 Å². The second-order valence-corrected chi connectivity index (χ2v) is 6.99. The minimum Gasteiger partial charge on any atom is -0.743 e. The zero-order valence-corrected chi connectivity index (χ0v) is 13.2. The van der Waals surface area contributed by atoms with Crippen LogP contribution in [0, 0.1) is 0 Å². The van der Waals surface area contributed by atoms with E-state index in [-0.39, 0.29) is 11.0 Å². The summed E-state index contributed by atoms with van der Waals surface area (Å²) in [6.45, 7) is 4.23. The Bertz CT molecular complexity index is 636. The highest BCUT2D eigenvalue weighted by molar-refractivity contribution is 7.86. The molecule has 0 bridgehead atoms. The molecule has 0 aliphatic carbocycles. The highest BCUT2D eigenvalue weighted by atomic mass is 32.2. The minimum atomic E-state index is -5.87. The average molecular weight is 335 g/mol. The molecule has 0 amide bonds. The lowest BCUT2D eigenvalue weighted by atomic mass is 9.82. The van der Waals surface area contributed by atoms with Crippen molar-refractivity contribution in [3.63, 3.8) is 0 Å². The topological polar surface area (TPSA) is 83.5 Å². The van der Waals surface area contributed by atoms with E-state index in [1.807, 2.05) is 20.8 Å². The van der Waals surface area contributed by atoms with Crippen molar-refractivity contribution in [2.45, 2.75) is 37.9 Å². The summed E-state index contributed by atoms with van der Waals surface area (Å²) in [5.41, 5.74) is 0.848. The number of esters is 1. The van der Waals surface area contributed by atoms with E-state index in [1.165, 1.54) is 12.1 Å². The van der Waals surface area contributed by atoms with Crippen molar-refractivity contribution in [3.8, 4) is 0 Å². The first-order chi connectivity index (χ1) is 9.90. The third-order valence-electron chi connectivity index (χ3n) is 3.52. The number of hydrogen-bond donors (Lipinski definition) is 0. The van der Waals surface area contributed by atoms with Gasteiger partial charge in [0, 0.05) is 0 Å². The van der Waals surface area contributed by atoms with Gasteiger partial charge in [-0.15, -0.1) is 0 Å². The molecule has 0 radical (unpaired) electrons. The Morgan fingerprint density at radius 2 is 1.73 bits per heavy atom. The summed E-state index contributed by atoms with van der Waals surface area (Å²) in [5.74, 6) is -1.12. The van der Waals surface area contributed by atoms with E-state index >= 15 is 0 Å². The summed E-state index contributed by atoms with van der Waals surface area (Å²) in [5, 5.41) is -4.65. The number of hydrogen-bond acceptors (Lipinski definition) is 5. The Balaban J connectivity index is 2.80. The molecule has 8 heteroatoms. The summed E-state index contributed by atoms with van der Waals surface area (Å²) < 4.78 is 60.9. The van der Waals surface area contributed by atoms with E-state index in [0.29, 0.717) is 0 Å². The first-order valence-electron chi connectivity index (χ1n) is 6.51. The average Bonchev–Trinajstić information content (AvgIpc) is 2.43. The van der Waals surface area contributed by atoms with Crippen molar-refractivity contribution in [2.75, 3.05) is 6.61 Å². The molecule has 0 saturated heterocycles. The number of benzene rings is 1. The lowest BCUT2D eigenvalue weighted by Crippen LogP contribution is -2.34. The SMILES string of the molecule is CCC(C)(C)c1ccc(C(=O)OCC(F)(F)S(=O)(=O)[O-])cc1.